The van der Waals surface area contributed by atoms with Gasteiger partial charge >= 0.3 is 11.9 Å². The lowest BCUT2D eigenvalue weighted by Gasteiger charge is -2.31. The van der Waals surface area contributed by atoms with Gasteiger partial charge in [-0.15, -0.1) is 0 Å². The minimum Gasteiger partial charge on any atom is -0.480 e. The number of allylic oxidation sites excluding steroid dienone is 2. The minimum absolute atomic E-state index is 0.0279. The zero-order valence-corrected chi connectivity index (χ0v) is 10.2. The number of aliphatic carboxylic acids is 2. The van der Waals surface area contributed by atoms with E-state index >= 15 is 0 Å². The summed E-state index contributed by atoms with van der Waals surface area (Å²) < 4.78 is 0. The molecule has 0 amide bonds. The van der Waals surface area contributed by atoms with Crippen molar-refractivity contribution in [3.8, 4) is 0 Å². The van der Waals surface area contributed by atoms with Crippen molar-refractivity contribution in [1.29, 1.82) is 0 Å². The van der Waals surface area contributed by atoms with E-state index in [0.29, 0.717) is 31.3 Å². The van der Waals surface area contributed by atoms with E-state index in [4.69, 9.17) is 0 Å². The van der Waals surface area contributed by atoms with Crippen molar-refractivity contribution in [2.75, 3.05) is 0 Å². The summed E-state index contributed by atoms with van der Waals surface area (Å²) in [7, 11) is 0. The Hall–Kier alpha value is -1.65. The molecule has 2 N–H and O–H groups in total. The molecule has 0 aliphatic heterocycles. The summed E-state index contributed by atoms with van der Waals surface area (Å²) in [5, 5.41) is 18.7. The van der Waals surface area contributed by atoms with Gasteiger partial charge < -0.3 is 10.2 Å². The van der Waals surface area contributed by atoms with Crippen LogP contribution in [0.1, 0.15) is 39.0 Å². The molecule has 98 valence electrons. The van der Waals surface area contributed by atoms with Gasteiger partial charge in [0.2, 0.25) is 0 Å². The van der Waals surface area contributed by atoms with Crippen LogP contribution in [-0.4, -0.2) is 27.9 Å². The molecule has 2 rings (SSSR count). The fraction of sp³-hybridized carbons (Fsp3) is 0.615. The third kappa shape index (κ3) is 1.50. The van der Waals surface area contributed by atoms with Crippen molar-refractivity contribution in [3.63, 3.8) is 0 Å². The average molecular weight is 252 g/mol. The van der Waals surface area contributed by atoms with E-state index in [0.717, 1.165) is 5.57 Å². The lowest BCUT2D eigenvalue weighted by atomic mass is 9.69. The molecule has 0 radical (unpaired) electrons. The number of Topliss-reactive ketones (excluding diaryl/α,β-unsaturated/α-hetero) is 1. The molecule has 0 heterocycles. The van der Waals surface area contributed by atoms with Crippen molar-refractivity contribution >= 4 is 17.7 Å². The molecule has 1 saturated carbocycles. The van der Waals surface area contributed by atoms with E-state index in [9.17, 15) is 24.6 Å². The van der Waals surface area contributed by atoms with E-state index in [1.54, 1.807) is 0 Å². The van der Waals surface area contributed by atoms with E-state index in [-0.39, 0.29) is 12.2 Å². The zero-order chi connectivity index (χ0) is 13.5. The summed E-state index contributed by atoms with van der Waals surface area (Å²) in [6.45, 7) is 1.83. The number of carbonyl (C=O) groups is 3. The van der Waals surface area contributed by atoms with Crippen LogP contribution in [0.3, 0.4) is 0 Å². The van der Waals surface area contributed by atoms with Gasteiger partial charge in [-0.3, -0.25) is 14.4 Å². The van der Waals surface area contributed by atoms with Crippen molar-refractivity contribution in [3.05, 3.63) is 11.1 Å². The molecule has 0 aromatic rings. The molecule has 0 aromatic heterocycles. The summed E-state index contributed by atoms with van der Waals surface area (Å²) in [5.74, 6) is -3.36. The number of ketones is 1. The Bertz CT molecular complexity index is 446. The second-order valence-electron chi connectivity index (χ2n) is 5.00. The third-order valence-electron chi connectivity index (χ3n) is 4.20. The molecule has 18 heavy (non-hydrogen) atoms. The smallest absolute Gasteiger partial charge is 0.322 e. The summed E-state index contributed by atoms with van der Waals surface area (Å²) in [5.41, 5.74) is -0.612. The molecule has 1 fully saturated rings. The van der Waals surface area contributed by atoms with Crippen molar-refractivity contribution in [2.45, 2.75) is 39.0 Å². The average Bonchev–Trinajstić information content (AvgIpc) is 2.66. The summed E-state index contributed by atoms with van der Waals surface area (Å²) >= 11 is 0. The maximum Gasteiger partial charge on any atom is 0.322 e. The van der Waals surface area contributed by atoms with Crippen LogP contribution >= 0.6 is 0 Å². The Morgan fingerprint density at radius 1 is 1.33 bits per heavy atom. The van der Waals surface area contributed by atoms with Crippen molar-refractivity contribution in [2.24, 2.45) is 11.3 Å². The monoisotopic (exact) mass is 252 g/mol. The van der Waals surface area contributed by atoms with E-state index in [1.807, 2.05) is 6.92 Å². The van der Waals surface area contributed by atoms with E-state index < -0.39 is 23.3 Å². The lowest BCUT2D eigenvalue weighted by Crippen LogP contribution is -2.45. The highest BCUT2D eigenvalue weighted by Gasteiger charge is 2.60. The summed E-state index contributed by atoms with van der Waals surface area (Å²) in [6, 6.07) is 0. The normalized spacial score (nSPS) is 26.1. The zero-order valence-electron chi connectivity index (χ0n) is 10.2. The first-order chi connectivity index (χ1) is 8.45. The Kier molecular flexibility index (Phi) is 3.00. The Balaban J connectivity index is 2.54. The molecule has 0 spiro atoms. The van der Waals surface area contributed by atoms with Gasteiger partial charge in [-0.1, -0.05) is 12.5 Å². The number of carboxylic acids is 2. The van der Waals surface area contributed by atoms with Gasteiger partial charge in [0, 0.05) is 12.3 Å². The molecule has 0 saturated heterocycles. The Morgan fingerprint density at radius 2 is 1.94 bits per heavy atom. The molecule has 0 aromatic carbocycles. The topological polar surface area (TPSA) is 91.7 Å². The first kappa shape index (κ1) is 12.8. The predicted octanol–water partition coefficient (Wildman–Crippen LogP) is 1.62. The Morgan fingerprint density at radius 3 is 2.44 bits per heavy atom. The van der Waals surface area contributed by atoms with Gasteiger partial charge in [-0.05, 0) is 31.3 Å². The number of carboxylic acid groups (broad SMARTS) is 2. The molecule has 2 aliphatic rings. The molecular formula is C13H16O5. The highest BCUT2D eigenvalue weighted by Crippen LogP contribution is 2.53. The second kappa shape index (κ2) is 4.23. The van der Waals surface area contributed by atoms with Gasteiger partial charge in [0.25, 0.3) is 0 Å². The molecular weight excluding hydrogens is 236 g/mol. The summed E-state index contributed by atoms with van der Waals surface area (Å²) in [4.78, 5) is 34.9. The van der Waals surface area contributed by atoms with Gasteiger partial charge in [-0.2, -0.15) is 0 Å². The van der Waals surface area contributed by atoms with Crippen molar-refractivity contribution < 1.29 is 24.6 Å². The van der Waals surface area contributed by atoms with Crippen LogP contribution in [0, 0.1) is 11.3 Å². The SMILES string of the molecule is CCC1=C2C(=O)CCCC2C(C(=O)O)(C(=O)O)C1. The molecule has 5 nitrogen and oxygen atoms in total. The standard InChI is InChI=1S/C13H16O5/c1-2-7-6-13(11(15)16,12(17)18)8-4-3-5-9(14)10(7)8/h8H,2-6H2,1H3,(H,15,16)(H,17,18). The van der Waals surface area contributed by atoms with Crippen LogP contribution < -0.4 is 0 Å². The second-order valence-corrected chi connectivity index (χ2v) is 5.00. The number of rotatable bonds is 3. The number of carbonyl (C=O) groups excluding carboxylic acids is 1. The minimum atomic E-state index is -1.82. The Labute approximate surface area is 104 Å². The maximum absolute atomic E-state index is 11.9. The number of hydrogen-bond donors (Lipinski definition) is 2. The molecule has 0 bridgehead atoms. The van der Waals surface area contributed by atoms with Crippen LogP contribution in [0.2, 0.25) is 0 Å². The number of fused-ring (bicyclic) bond motifs is 1. The van der Waals surface area contributed by atoms with Crippen LogP contribution in [0.4, 0.5) is 0 Å². The fourth-order valence-electron chi connectivity index (χ4n) is 3.29. The van der Waals surface area contributed by atoms with E-state index in [2.05, 4.69) is 0 Å². The van der Waals surface area contributed by atoms with Gasteiger partial charge in [-0.25, -0.2) is 0 Å². The fourth-order valence-corrected chi connectivity index (χ4v) is 3.29. The van der Waals surface area contributed by atoms with Crippen LogP contribution in [0.25, 0.3) is 0 Å². The largest absolute Gasteiger partial charge is 0.480 e. The molecule has 5 heteroatoms. The van der Waals surface area contributed by atoms with Crippen LogP contribution in [0.15, 0.2) is 11.1 Å². The van der Waals surface area contributed by atoms with Crippen LogP contribution in [0.5, 0.6) is 0 Å². The van der Waals surface area contributed by atoms with Crippen LogP contribution in [-0.2, 0) is 14.4 Å². The highest BCUT2D eigenvalue weighted by atomic mass is 16.4. The summed E-state index contributed by atoms with van der Waals surface area (Å²) in [6.07, 6.45) is 1.97. The first-order valence-electron chi connectivity index (χ1n) is 6.17. The lowest BCUT2D eigenvalue weighted by molar-refractivity contribution is -0.167. The van der Waals surface area contributed by atoms with Gasteiger partial charge in [0.1, 0.15) is 0 Å². The number of hydrogen-bond acceptors (Lipinski definition) is 3. The van der Waals surface area contributed by atoms with Gasteiger partial charge in [0.15, 0.2) is 11.2 Å². The molecule has 1 atom stereocenters. The molecule has 1 unspecified atom stereocenters. The first-order valence-corrected chi connectivity index (χ1v) is 6.17. The van der Waals surface area contributed by atoms with Gasteiger partial charge in [0.05, 0.1) is 0 Å². The molecule has 2 aliphatic carbocycles. The maximum atomic E-state index is 11.9. The third-order valence-corrected chi connectivity index (χ3v) is 4.20. The highest BCUT2D eigenvalue weighted by molar-refractivity contribution is 6.06. The van der Waals surface area contributed by atoms with Crippen molar-refractivity contribution in [1.82, 2.24) is 0 Å². The van der Waals surface area contributed by atoms with E-state index in [1.165, 1.54) is 0 Å². The quantitative estimate of drug-likeness (QED) is 0.745. The predicted molar refractivity (Wildman–Crippen MR) is 62.0 cm³/mol.